The number of fused-ring (bicyclic) bond motifs is 1. The highest BCUT2D eigenvalue weighted by Crippen LogP contribution is 2.20. The molecule has 3 rings (SSSR count). The van der Waals surface area contributed by atoms with Crippen LogP contribution in [0.4, 0.5) is 4.39 Å². The van der Waals surface area contributed by atoms with Gasteiger partial charge in [-0.2, -0.15) is 0 Å². The van der Waals surface area contributed by atoms with Crippen LogP contribution in [0, 0.1) is 5.82 Å². The number of benzene rings is 3. The first-order chi connectivity index (χ1) is 11.6. The van der Waals surface area contributed by atoms with Gasteiger partial charge in [0.05, 0.1) is 6.04 Å². The predicted octanol–water partition coefficient (Wildman–Crippen LogP) is 4.05. The summed E-state index contributed by atoms with van der Waals surface area (Å²) < 4.78 is 12.9. The van der Waals surface area contributed by atoms with Crippen molar-refractivity contribution in [1.82, 2.24) is 0 Å². The Morgan fingerprint density at radius 2 is 1.67 bits per heavy atom. The molecule has 0 bridgehead atoms. The summed E-state index contributed by atoms with van der Waals surface area (Å²) in [6.45, 7) is 0. The van der Waals surface area contributed by atoms with Crippen molar-refractivity contribution in [3.63, 3.8) is 0 Å². The zero-order valence-electron chi connectivity index (χ0n) is 13.4. The molecule has 0 saturated carbocycles. The summed E-state index contributed by atoms with van der Waals surface area (Å²) in [5.74, 6) is -0.248. The Morgan fingerprint density at radius 3 is 2.46 bits per heavy atom. The molecule has 24 heavy (non-hydrogen) atoms. The van der Waals surface area contributed by atoms with Crippen LogP contribution in [0.15, 0.2) is 66.7 Å². The summed E-state index contributed by atoms with van der Waals surface area (Å²) in [6.07, 6.45) is 1.53. The number of rotatable bonds is 6. The van der Waals surface area contributed by atoms with Crippen LogP contribution in [0.25, 0.3) is 10.8 Å². The summed E-state index contributed by atoms with van der Waals surface area (Å²) >= 11 is 0. The van der Waals surface area contributed by atoms with Crippen molar-refractivity contribution in [3.05, 3.63) is 83.7 Å². The molecule has 3 heteroatoms. The standard InChI is InChI=1S/C21H20FNO/c22-18-11-8-15(9-12-18)14-20(23)21(24)13-10-17-6-3-5-16-4-1-2-7-19(16)17/h1-9,11-12,20H,10,13-14,23H2/t20-/m0/s1. The quantitative estimate of drug-likeness (QED) is 0.744. The molecular formula is C21H20FNO. The minimum atomic E-state index is -0.551. The Balaban J connectivity index is 1.63. The van der Waals surface area contributed by atoms with E-state index in [9.17, 15) is 9.18 Å². The maximum atomic E-state index is 12.9. The molecule has 0 aliphatic heterocycles. The third-order valence-corrected chi connectivity index (χ3v) is 4.30. The number of nitrogens with two attached hydrogens (primary N) is 1. The Morgan fingerprint density at radius 1 is 0.958 bits per heavy atom. The first kappa shape index (κ1) is 16.3. The molecule has 0 amide bonds. The zero-order valence-corrected chi connectivity index (χ0v) is 13.4. The van der Waals surface area contributed by atoms with Crippen LogP contribution in [0.5, 0.6) is 0 Å². The van der Waals surface area contributed by atoms with Gasteiger partial charge in [-0.15, -0.1) is 0 Å². The molecule has 0 saturated heterocycles. The van der Waals surface area contributed by atoms with Crippen molar-refractivity contribution in [2.45, 2.75) is 25.3 Å². The molecule has 0 fully saturated rings. The molecule has 0 heterocycles. The largest absolute Gasteiger partial charge is 0.321 e. The summed E-state index contributed by atoms with van der Waals surface area (Å²) in [5.41, 5.74) is 8.06. The molecule has 0 unspecified atom stereocenters. The first-order valence-corrected chi connectivity index (χ1v) is 8.13. The lowest BCUT2D eigenvalue weighted by Gasteiger charge is -2.12. The van der Waals surface area contributed by atoms with Crippen LogP contribution in [0.2, 0.25) is 0 Å². The minimum Gasteiger partial charge on any atom is -0.321 e. The number of carbonyl (C=O) groups is 1. The van der Waals surface area contributed by atoms with E-state index in [0.29, 0.717) is 19.3 Å². The van der Waals surface area contributed by atoms with Crippen LogP contribution in [-0.2, 0) is 17.6 Å². The van der Waals surface area contributed by atoms with Gasteiger partial charge in [0, 0.05) is 6.42 Å². The lowest BCUT2D eigenvalue weighted by molar-refractivity contribution is -0.120. The third-order valence-electron chi connectivity index (χ3n) is 4.30. The summed E-state index contributed by atoms with van der Waals surface area (Å²) in [4.78, 5) is 12.3. The van der Waals surface area contributed by atoms with Crippen LogP contribution < -0.4 is 5.73 Å². The van der Waals surface area contributed by atoms with Gasteiger partial charge in [-0.05, 0) is 46.9 Å². The topological polar surface area (TPSA) is 43.1 Å². The lowest BCUT2D eigenvalue weighted by atomic mass is 9.96. The average molecular weight is 321 g/mol. The second-order valence-corrected chi connectivity index (χ2v) is 6.04. The summed E-state index contributed by atoms with van der Waals surface area (Å²) in [5, 5.41) is 2.36. The highest BCUT2D eigenvalue weighted by atomic mass is 19.1. The van der Waals surface area contributed by atoms with E-state index >= 15 is 0 Å². The van der Waals surface area contributed by atoms with Gasteiger partial charge in [-0.25, -0.2) is 4.39 Å². The van der Waals surface area contributed by atoms with Crippen molar-refractivity contribution in [2.75, 3.05) is 0 Å². The maximum absolute atomic E-state index is 12.9. The summed E-state index contributed by atoms with van der Waals surface area (Å²) in [7, 11) is 0. The SMILES string of the molecule is N[C@@H](Cc1ccc(F)cc1)C(=O)CCc1cccc2ccccc12. The fraction of sp³-hybridized carbons (Fsp3) is 0.190. The molecule has 0 aliphatic rings. The van der Waals surface area contributed by atoms with E-state index in [1.54, 1.807) is 12.1 Å². The highest BCUT2D eigenvalue weighted by Gasteiger charge is 2.14. The molecule has 0 aliphatic carbocycles. The number of hydrogen-bond acceptors (Lipinski definition) is 2. The van der Waals surface area contributed by atoms with E-state index in [-0.39, 0.29) is 11.6 Å². The van der Waals surface area contributed by atoms with E-state index in [2.05, 4.69) is 24.3 Å². The van der Waals surface area contributed by atoms with E-state index in [1.807, 2.05) is 18.2 Å². The third kappa shape index (κ3) is 3.87. The van der Waals surface area contributed by atoms with Crippen molar-refractivity contribution < 1.29 is 9.18 Å². The Bertz CT molecular complexity index is 837. The Kier molecular flexibility index (Phi) is 5.02. The van der Waals surface area contributed by atoms with E-state index < -0.39 is 6.04 Å². The Hall–Kier alpha value is -2.52. The van der Waals surface area contributed by atoms with Crippen LogP contribution in [-0.4, -0.2) is 11.8 Å². The molecule has 2 nitrogen and oxygen atoms in total. The van der Waals surface area contributed by atoms with Crippen LogP contribution in [0.1, 0.15) is 17.5 Å². The zero-order chi connectivity index (χ0) is 16.9. The number of ketones is 1. The van der Waals surface area contributed by atoms with Crippen molar-refractivity contribution in [2.24, 2.45) is 5.73 Å². The van der Waals surface area contributed by atoms with Crippen LogP contribution >= 0.6 is 0 Å². The fourth-order valence-corrected chi connectivity index (χ4v) is 2.94. The van der Waals surface area contributed by atoms with Gasteiger partial charge in [0.15, 0.2) is 0 Å². The monoisotopic (exact) mass is 321 g/mol. The van der Waals surface area contributed by atoms with Crippen molar-refractivity contribution in [3.8, 4) is 0 Å². The Labute approximate surface area is 141 Å². The minimum absolute atomic E-state index is 0.0345. The number of Topliss-reactive ketones (excluding diaryl/α,β-unsaturated/α-hetero) is 1. The van der Waals surface area contributed by atoms with Crippen molar-refractivity contribution >= 4 is 16.6 Å². The second-order valence-electron chi connectivity index (χ2n) is 6.04. The number of carbonyl (C=O) groups excluding carboxylic acids is 1. The fourth-order valence-electron chi connectivity index (χ4n) is 2.94. The molecule has 0 radical (unpaired) electrons. The summed E-state index contributed by atoms with van der Waals surface area (Å²) in [6, 6.07) is 19.9. The molecule has 122 valence electrons. The molecular weight excluding hydrogens is 301 g/mol. The maximum Gasteiger partial charge on any atom is 0.150 e. The van der Waals surface area contributed by atoms with E-state index in [1.165, 1.54) is 22.9 Å². The van der Waals surface area contributed by atoms with Crippen LogP contribution in [0.3, 0.4) is 0 Å². The molecule has 0 spiro atoms. The molecule has 3 aromatic carbocycles. The van der Waals surface area contributed by atoms with Gasteiger partial charge in [0.25, 0.3) is 0 Å². The normalized spacial score (nSPS) is 12.2. The average Bonchev–Trinajstić information content (AvgIpc) is 2.61. The number of aryl methyl sites for hydroxylation is 1. The van der Waals surface area contributed by atoms with Gasteiger partial charge in [0.2, 0.25) is 0 Å². The van der Waals surface area contributed by atoms with E-state index in [0.717, 1.165) is 11.1 Å². The highest BCUT2D eigenvalue weighted by molar-refractivity contribution is 5.87. The molecule has 2 N–H and O–H groups in total. The smallest absolute Gasteiger partial charge is 0.150 e. The first-order valence-electron chi connectivity index (χ1n) is 8.13. The predicted molar refractivity (Wildman–Crippen MR) is 95.4 cm³/mol. The van der Waals surface area contributed by atoms with Gasteiger partial charge in [-0.1, -0.05) is 54.6 Å². The van der Waals surface area contributed by atoms with Gasteiger partial charge >= 0.3 is 0 Å². The molecule has 1 atom stereocenters. The van der Waals surface area contributed by atoms with Gasteiger partial charge < -0.3 is 5.73 Å². The number of hydrogen-bond donors (Lipinski definition) is 1. The van der Waals surface area contributed by atoms with Crippen molar-refractivity contribution in [1.29, 1.82) is 0 Å². The van der Waals surface area contributed by atoms with Gasteiger partial charge in [-0.3, -0.25) is 4.79 Å². The molecule has 0 aromatic heterocycles. The van der Waals surface area contributed by atoms with E-state index in [4.69, 9.17) is 5.73 Å². The lowest BCUT2D eigenvalue weighted by Crippen LogP contribution is -2.32. The second kappa shape index (κ2) is 7.37. The van der Waals surface area contributed by atoms with Gasteiger partial charge in [0.1, 0.15) is 11.6 Å². The number of halogens is 1. The molecule has 3 aromatic rings.